The number of H-pyrrole nitrogens is 1. The smallest absolute Gasteiger partial charge is 0.141 e. The number of benzene rings is 1. The zero-order valence-electron chi connectivity index (χ0n) is 11.7. The van der Waals surface area contributed by atoms with Crippen molar-refractivity contribution < 1.29 is 0 Å². The predicted octanol–water partition coefficient (Wildman–Crippen LogP) is 3.32. The number of imidazole rings is 1. The molecule has 0 aliphatic heterocycles. The van der Waals surface area contributed by atoms with E-state index in [9.17, 15) is 0 Å². The lowest BCUT2D eigenvalue weighted by atomic mass is 10.1. The Labute approximate surface area is 127 Å². The van der Waals surface area contributed by atoms with Gasteiger partial charge in [-0.2, -0.15) is 5.10 Å². The van der Waals surface area contributed by atoms with Gasteiger partial charge in [-0.1, -0.05) is 18.2 Å². The van der Waals surface area contributed by atoms with Gasteiger partial charge in [0.05, 0.1) is 11.3 Å². The third-order valence-electron chi connectivity index (χ3n) is 3.44. The minimum atomic E-state index is 0.800. The van der Waals surface area contributed by atoms with E-state index in [1.54, 1.807) is 18.6 Å². The highest BCUT2D eigenvalue weighted by molar-refractivity contribution is 5.77. The summed E-state index contributed by atoms with van der Waals surface area (Å²) >= 11 is 0. The molecule has 0 saturated heterocycles. The van der Waals surface area contributed by atoms with E-state index in [-0.39, 0.29) is 0 Å². The van der Waals surface area contributed by atoms with Gasteiger partial charge < -0.3 is 4.98 Å². The Bertz CT molecular complexity index is 864. The Morgan fingerprint density at radius 2 is 1.73 bits per heavy atom. The highest BCUT2D eigenvalue weighted by atomic mass is 15.3. The van der Waals surface area contributed by atoms with Gasteiger partial charge in [0.25, 0.3) is 0 Å². The van der Waals surface area contributed by atoms with Crippen LogP contribution in [0, 0.1) is 0 Å². The number of para-hydroxylation sites is 1. The molecule has 1 aromatic carbocycles. The van der Waals surface area contributed by atoms with Gasteiger partial charge in [-0.25, -0.2) is 9.67 Å². The second kappa shape index (κ2) is 5.29. The van der Waals surface area contributed by atoms with Crippen LogP contribution in [0.25, 0.3) is 28.3 Å². The molecule has 3 heterocycles. The van der Waals surface area contributed by atoms with Crippen LogP contribution in [-0.2, 0) is 0 Å². The number of rotatable bonds is 3. The molecule has 4 rings (SSSR count). The lowest BCUT2D eigenvalue weighted by Gasteiger charge is -2.00. The molecule has 0 aliphatic rings. The van der Waals surface area contributed by atoms with Gasteiger partial charge in [0.2, 0.25) is 0 Å². The zero-order valence-corrected chi connectivity index (χ0v) is 11.7. The fourth-order valence-corrected chi connectivity index (χ4v) is 2.40. The summed E-state index contributed by atoms with van der Waals surface area (Å²) in [5.74, 6) is 0.800. The molecular formula is C17H13N5. The summed E-state index contributed by atoms with van der Waals surface area (Å²) in [6.45, 7) is 0. The molecule has 3 aromatic heterocycles. The third kappa shape index (κ3) is 2.18. The van der Waals surface area contributed by atoms with Crippen molar-refractivity contribution in [1.29, 1.82) is 0 Å². The maximum Gasteiger partial charge on any atom is 0.141 e. The number of hydrogen-bond donors (Lipinski definition) is 1. The van der Waals surface area contributed by atoms with Crippen molar-refractivity contribution in [2.75, 3.05) is 0 Å². The number of aromatic amines is 1. The maximum atomic E-state index is 4.74. The normalized spacial score (nSPS) is 10.7. The average molecular weight is 287 g/mol. The average Bonchev–Trinajstić information content (AvgIpc) is 3.26. The molecule has 5 heteroatoms. The third-order valence-corrected chi connectivity index (χ3v) is 3.44. The Morgan fingerprint density at radius 1 is 0.909 bits per heavy atom. The molecule has 0 radical (unpaired) electrons. The van der Waals surface area contributed by atoms with Crippen LogP contribution in [0.5, 0.6) is 0 Å². The topological polar surface area (TPSA) is 59.4 Å². The minimum absolute atomic E-state index is 0.800. The van der Waals surface area contributed by atoms with Crippen LogP contribution in [0.15, 0.2) is 73.4 Å². The van der Waals surface area contributed by atoms with E-state index in [1.165, 1.54) is 0 Å². The second-order valence-corrected chi connectivity index (χ2v) is 4.85. The largest absolute Gasteiger partial charge is 0.345 e. The minimum Gasteiger partial charge on any atom is -0.345 e. The lowest BCUT2D eigenvalue weighted by Crippen LogP contribution is -1.93. The summed E-state index contributed by atoms with van der Waals surface area (Å²) in [7, 11) is 0. The molecule has 0 amide bonds. The fourth-order valence-electron chi connectivity index (χ4n) is 2.40. The first kappa shape index (κ1) is 12.5. The van der Waals surface area contributed by atoms with Crippen LogP contribution in [-0.4, -0.2) is 24.7 Å². The molecule has 0 saturated carbocycles. The van der Waals surface area contributed by atoms with Gasteiger partial charge >= 0.3 is 0 Å². The van der Waals surface area contributed by atoms with Crippen LogP contribution in [0.3, 0.4) is 0 Å². The molecule has 0 unspecified atom stereocenters. The maximum absolute atomic E-state index is 4.74. The predicted molar refractivity (Wildman–Crippen MR) is 84.4 cm³/mol. The molecule has 0 spiro atoms. The van der Waals surface area contributed by atoms with Gasteiger partial charge in [-0.3, -0.25) is 4.98 Å². The molecule has 0 atom stereocenters. The first-order valence-corrected chi connectivity index (χ1v) is 6.97. The van der Waals surface area contributed by atoms with Gasteiger partial charge in [-0.05, 0) is 24.3 Å². The lowest BCUT2D eigenvalue weighted by molar-refractivity contribution is 0.884. The Hall–Kier alpha value is -3.21. The molecule has 106 valence electrons. The summed E-state index contributed by atoms with van der Waals surface area (Å²) in [6, 6.07) is 13.9. The van der Waals surface area contributed by atoms with E-state index >= 15 is 0 Å². The van der Waals surface area contributed by atoms with Crippen molar-refractivity contribution in [3.05, 3.63) is 73.4 Å². The fraction of sp³-hybridized carbons (Fsp3) is 0. The van der Waals surface area contributed by atoms with Crippen molar-refractivity contribution in [1.82, 2.24) is 24.7 Å². The van der Waals surface area contributed by atoms with Gasteiger partial charge in [0, 0.05) is 36.5 Å². The van der Waals surface area contributed by atoms with E-state index in [4.69, 9.17) is 5.10 Å². The van der Waals surface area contributed by atoms with E-state index in [0.717, 1.165) is 28.3 Å². The summed E-state index contributed by atoms with van der Waals surface area (Å²) in [5.41, 5.74) is 3.85. The second-order valence-electron chi connectivity index (χ2n) is 4.85. The Kier molecular flexibility index (Phi) is 3.01. The number of nitrogens with zero attached hydrogens (tertiary/aromatic N) is 4. The van der Waals surface area contributed by atoms with Crippen molar-refractivity contribution in [3.8, 4) is 28.3 Å². The number of aromatic nitrogens is 5. The van der Waals surface area contributed by atoms with Crippen LogP contribution in [0.2, 0.25) is 0 Å². The monoisotopic (exact) mass is 287 g/mol. The highest BCUT2D eigenvalue weighted by Crippen LogP contribution is 2.29. The number of hydrogen-bond acceptors (Lipinski definition) is 3. The number of nitrogens with one attached hydrogen (secondary N) is 1. The van der Waals surface area contributed by atoms with Crippen molar-refractivity contribution in [3.63, 3.8) is 0 Å². The first-order valence-electron chi connectivity index (χ1n) is 6.97. The molecule has 5 nitrogen and oxygen atoms in total. The molecule has 0 aliphatic carbocycles. The van der Waals surface area contributed by atoms with Crippen LogP contribution in [0.1, 0.15) is 0 Å². The quantitative estimate of drug-likeness (QED) is 0.629. The van der Waals surface area contributed by atoms with Gasteiger partial charge in [0.1, 0.15) is 11.5 Å². The van der Waals surface area contributed by atoms with Crippen LogP contribution >= 0.6 is 0 Å². The molecular weight excluding hydrogens is 274 g/mol. The highest BCUT2D eigenvalue weighted by Gasteiger charge is 2.15. The van der Waals surface area contributed by atoms with E-state index in [2.05, 4.69) is 15.0 Å². The first-order chi connectivity index (χ1) is 10.9. The van der Waals surface area contributed by atoms with Gasteiger partial charge in [0.15, 0.2) is 0 Å². The summed E-state index contributed by atoms with van der Waals surface area (Å²) in [5, 5.41) is 4.74. The standard InChI is InChI=1S/C17H13N5/c1-2-4-14(5-3-1)22-12-15(17-19-10-11-20-17)16(21-22)13-6-8-18-9-7-13/h1-12H,(H,19,20). The van der Waals surface area contributed by atoms with Crippen molar-refractivity contribution >= 4 is 0 Å². The molecule has 4 aromatic rings. The molecule has 0 fully saturated rings. The Balaban J connectivity index is 1.91. The molecule has 0 bridgehead atoms. The van der Waals surface area contributed by atoms with Gasteiger partial charge in [-0.15, -0.1) is 0 Å². The summed E-state index contributed by atoms with van der Waals surface area (Å²) in [4.78, 5) is 11.6. The van der Waals surface area contributed by atoms with Crippen LogP contribution < -0.4 is 0 Å². The summed E-state index contributed by atoms with van der Waals surface area (Å²) < 4.78 is 1.87. The van der Waals surface area contributed by atoms with E-state index in [1.807, 2.05) is 59.5 Å². The van der Waals surface area contributed by atoms with E-state index < -0.39 is 0 Å². The van der Waals surface area contributed by atoms with E-state index in [0.29, 0.717) is 0 Å². The molecule has 1 N–H and O–H groups in total. The Morgan fingerprint density at radius 3 is 2.45 bits per heavy atom. The zero-order chi connectivity index (χ0) is 14.8. The molecule has 22 heavy (non-hydrogen) atoms. The van der Waals surface area contributed by atoms with Crippen LogP contribution in [0.4, 0.5) is 0 Å². The SMILES string of the molecule is c1ccc(-n2cc(-c3ncc[nH]3)c(-c3ccncc3)n2)cc1. The van der Waals surface area contributed by atoms with Crippen molar-refractivity contribution in [2.24, 2.45) is 0 Å². The van der Waals surface area contributed by atoms with Crippen molar-refractivity contribution in [2.45, 2.75) is 0 Å². The summed E-state index contributed by atoms with van der Waals surface area (Å²) in [6.07, 6.45) is 9.08. The number of pyridine rings is 1.